The Morgan fingerprint density at radius 1 is 1.10 bits per heavy atom. The zero-order valence-electron chi connectivity index (χ0n) is 11.9. The molecule has 0 radical (unpaired) electrons. The Bertz CT molecular complexity index is 601. The Hall–Kier alpha value is -1.26. The summed E-state index contributed by atoms with van der Waals surface area (Å²) in [7, 11) is 0. The molecule has 1 nitrogen and oxygen atoms in total. The highest BCUT2D eigenvalue weighted by Gasteiger charge is 2.15. The number of hydrogen-bond donors (Lipinski definition) is 1. The molecule has 1 atom stereocenters. The van der Waals surface area contributed by atoms with Crippen molar-refractivity contribution in [3.63, 3.8) is 0 Å². The van der Waals surface area contributed by atoms with Crippen molar-refractivity contribution in [1.29, 1.82) is 0 Å². The van der Waals surface area contributed by atoms with Gasteiger partial charge in [0.05, 0.1) is 0 Å². The van der Waals surface area contributed by atoms with Gasteiger partial charge in [0.2, 0.25) is 0 Å². The first-order valence-corrected chi connectivity index (χ1v) is 7.83. The maximum Gasteiger partial charge on any atom is 0.159 e. The van der Waals surface area contributed by atoms with Crippen molar-refractivity contribution in [1.82, 2.24) is 5.32 Å². The average Bonchev–Trinajstić information content (AvgIpc) is 2.48. The molecule has 21 heavy (non-hydrogen) atoms. The van der Waals surface area contributed by atoms with Gasteiger partial charge in [-0.25, -0.2) is 8.78 Å². The van der Waals surface area contributed by atoms with Gasteiger partial charge in [-0.15, -0.1) is 0 Å². The molecule has 4 heteroatoms. The number of benzene rings is 2. The number of hydrogen-bond acceptors (Lipinski definition) is 1. The molecule has 0 aliphatic carbocycles. The van der Waals surface area contributed by atoms with Crippen LogP contribution in [0, 0.1) is 11.6 Å². The molecule has 112 valence electrons. The molecule has 0 fully saturated rings. The predicted molar refractivity (Wildman–Crippen MR) is 85.2 cm³/mol. The molecule has 0 saturated heterocycles. The Morgan fingerprint density at radius 3 is 2.52 bits per heavy atom. The lowest BCUT2D eigenvalue weighted by Gasteiger charge is -2.20. The van der Waals surface area contributed by atoms with E-state index in [1.54, 1.807) is 6.07 Å². The fourth-order valence-electron chi connectivity index (χ4n) is 2.24. The van der Waals surface area contributed by atoms with E-state index in [0.29, 0.717) is 6.42 Å². The van der Waals surface area contributed by atoms with Crippen molar-refractivity contribution < 1.29 is 8.78 Å². The van der Waals surface area contributed by atoms with Gasteiger partial charge in [0, 0.05) is 10.5 Å². The summed E-state index contributed by atoms with van der Waals surface area (Å²) < 4.78 is 27.6. The van der Waals surface area contributed by atoms with E-state index in [2.05, 4.69) is 28.2 Å². The van der Waals surface area contributed by atoms with Gasteiger partial charge in [0.25, 0.3) is 0 Å². The van der Waals surface area contributed by atoms with Crippen LogP contribution in [0.15, 0.2) is 46.9 Å². The number of nitrogens with one attached hydrogen (secondary N) is 1. The van der Waals surface area contributed by atoms with Crippen molar-refractivity contribution >= 4 is 15.9 Å². The average molecular weight is 354 g/mol. The molecule has 0 heterocycles. The summed E-state index contributed by atoms with van der Waals surface area (Å²) in [6.45, 7) is 2.90. The SMILES string of the molecule is CCCNC(Cc1ccccc1Br)c1ccc(F)c(F)c1. The van der Waals surface area contributed by atoms with Gasteiger partial charge in [-0.3, -0.25) is 0 Å². The first-order valence-electron chi connectivity index (χ1n) is 7.03. The monoisotopic (exact) mass is 353 g/mol. The minimum absolute atomic E-state index is 0.0428. The molecule has 0 spiro atoms. The van der Waals surface area contributed by atoms with E-state index in [9.17, 15) is 8.78 Å². The van der Waals surface area contributed by atoms with E-state index in [0.717, 1.165) is 28.6 Å². The standard InChI is InChI=1S/C17H18BrF2N/c1-2-9-21-17(11-12-5-3-4-6-14(12)18)13-7-8-15(19)16(20)10-13/h3-8,10,17,21H,2,9,11H2,1H3. The minimum atomic E-state index is -0.811. The van der Waals surface area contributed by atoms with Crippen molar-refractivity contribution in [2.75, 3.05) is 6.54 Å². The molecular formula is C17H18BrF2N. The lowest BCUT2D eigenvalue weighted by Crippen LogP contribution is -2.24. The molecule has 0 saturated carbocycles. The third kappa shape index (κ3) is 4.35. The van der Waals surface area contributed by atoms with Crippen LogP contribution in [0.4, 0.5) is 8.78 Å². The quantitative estimate of drug-likeness (QED) is 0.769. The molecule has 1 N–H and O–H groups in total. The van der Waals surface area contributed by atoms with E-state index in [1.165, 1.54) is 12.1 Å². The van der Waals surface area contributed by atoms with Crippen LogP contribution in [0.2, 0.25) is 0 Å². The van der Waals surface area contributed by atoms with E-state index >= 15 is 0 Å². The Labute approximate surface area is 132 Å². The second kappa shape index (κ2) is 7.66. The Kier molecular flexibility index (Phi) is 5.88. The molecule has 0 aliphatic rings. The second-order valence-corrected chi connectivity index (χ2v) is 5.83. The fourth-order valence-corrected chi connectivity index (χ4v) is 2.69. The van der Waals surface area contributed by atoms with Crippen LogP contribution < -0.4 is 5.32 Å². The summed E-state index contributed by atoms with van der Waals surface area (Å²) in [5.74, 6) is -1.61. The van der Waals surface area contributed by atoms with Crippen LogP contribution in [0.5, 0.6) is 0 Å². The summed E-state index contributed by atoms with van der Waals surface area (Å²) in [6.07, 6.45) is 1.70. The summed E-state index contributed by atoms with van der Waals surface area (Å²) in [5, 5.41) is 3.40. The maximum absolute atomic E-state index is 13.5. The molecule has 2 rings (SSSR count). The van der Waals surface area contributed by atoms with Gasteiger partial charge in [0.15, 0.2) is 11.6 Å². The number of halogens is 3. The zero-order chi connectivity index (χ0) is 15.2. The summed E-state index contributed by atoms with van der Waals surface area (Å²) >= 11 is 3.53. The molecule has 0 aromatic heterocycles. The predicted octanol–water partition coefficient (Wildman–Crippen LogP) is 5.01. The van der Waals surface area contributed by atoms with Crippen LogP contribution in [0.3, 0.4) is 0 Å². The molecular weight excluding hydrogens is 336 g/mol. The second-order valence-electron chi connectivity index (χ2n) is 4.98. The molecule has 0 aliphatic heterocycles. The van der Waals surface area contributed by atoms with Crippen LogP contribution >= 0.6 is 15.9 Å². The van der Waals surface area contributed by atoms with Gasteiger partial charge in [-0.1, -0.05) is 47.1 Å². The van der Waals surface area contributed by atoms with Gasteiger partial charge < -0.3 is 5.32 Å². The fraction of sp³-hybridized carbons (Fsp3) is 0.294. The lowest BCUT2D eigenvalue weighted by molar-refractivity contribution is 0.493. The first-order chi connectivity index (χ1) is 10.1. The van der Waals surface area contributed by atoms with Crippen LogP contribution in [-0.4, -0.2) is 6.54 Å². The zero-order valence-corrected chi connectivity index (χ0v) is 13.5. The molecule has 2 aromatic carbocycles. The Morgan fingerprint density at radius 2 is 1.86 bits per heavy atom. The largest absolute Gasteiger partial charge is 0.310 e. The lowest BCUT2D eigenvalue weighted by atomic mass is 9.98. The van der Waals surface area contributed by atoms with E-state index < -0.39 is 11.6 Å². The first kappa shape index (κ1) is 16.1. The summed E-state index contributed by atoms with van der Waals surface area (Å²) in [6, 6.07) is 12.0. The highest BCUT2D eigenvalue weighted by atomic mass is 79.9. The highest BCUT2D eigenvalue weighted by molar-refractivity contribution is 9.10. The maximum atomic E-state index is 13.5. The van der Waals surface area contributed by atoms with E-state index in [1.807, 2.05) is 24.3 Å². The molecule has 0 bridgehead atoms. The smallest absolute Gasteiger partial charge is 0.159 e. The van der Waals surface area contributed by atoms with Crippen molar-refractivity contribution in [3.8, 4) is 0 Å². The Balaban J connectivity index is 2.25. The van der Waals surface area contributed by atoms with Crippen molar-refractivity contribution in [2.45, 2.75) is 25.8 Å². The van der Waals surface area contributed by atoms with E-state index in [-0.39, 0.29) is 6.04 Å². The van der Waals surface area contributed by atoms with Gasteiger partial charge in [0.1, 0.15) is 0 Å². The van der Waals surface area contributed by atoms with Crippen molar-refractivity contribution in [2.24, 2.45) is 0 Å². The topological polar surface area (TPSA) is 12.0 Å². The van der Waals surface area contributed by atoms with Gasteiger partial charge in [-0.05, 0) is 48.7 Å². The van der Waals surface area contributed by atoms with Gasteiger partial charge >= 0.3 is 0 Å². The minimum Gasteiger partial charge on any atom is -0.310 e. The summed E-state index contributed by atoms with van der Waals surface area (Å²) in [4.78, 5) is 0. The van der Waals surface area contributed by atoms with Crippen LogP contribution in [0.1, 0.15) is 30.5 Å². The van der Waals surface area contributed by atoms with Gasteiger partial charge in [-0.2, -0.15) is 0 Å². The number of rotatable bonds is 6. The molecule has 2 aromatic rings. The van der Waals surface area contributed by atoms with Crippen molar-refractivity contribution in [3.05, 3.63) is 69.7 Å². The van der Waals surface area contributed by atoms with E-state index in [4.69, 9.17) is 0 Å². The third-order valence-electron chi connectivity index (χ3n) is 3.37. The summed E-state index contributed by atoms with van der Waals surface area (Å²) in [5.41, 5.74) is 1.90. The van der Waals surface area contributed by atoms with Crippen LogP contribution in [0.25, 0.3) is 0 Å². The van der Waals surface area contributed by atoms with Crippen LogP contribution in [-0.2, 0) is 6.42 Å². The molecule has 0 amide bonds. The third-order valence-corrected chi connectivity index (χ3v) is 4.14. The normalized spacial score (nSPS) is 12.4. The highest BCUT2D eigenvalue weighted by Crippen LogP contribution is 2.25. The molecule has 1 unspecified atom stereocenters.